The Morgan fingerprint density at radius 2 is 2.03 bits per heavy atom. The van der Waals surface area contributed by atoms with E-state index in [1.807, 2.05) is 24.1 Å². The van der Waals surface area contributed by atoms with Crippen molar-refractivity contribution in [2.45, 2.75) is 38.4 Å². The summed E-state index contributed by atoms with van der Waals surface area (Å²) in [6.45, 7) is 3.23. The molecule has 8 heteroatoms. The fourth-order valence-electron chi connectivity index (χ4n) is 4.28. The molecule has 0 saturated carbocycles. The lowest BCUT2D eigenvalue weighted by Crippen LogP contribution is -2.40. The van der Waals surface area contributed by atoms with Crippen molar-refractivity contribution in [2.75, 3.05) is 20.7 Å². The first-order valence-corrected chi connectivity index (χ1v) is 10.8. The molecule has 3 N–H and O–H groups in total. The first-order chi connectivity index (χ1) is 15.5. The van der Waals surface area contributed by atoms with Crippen LogP contribution in [0.2, 0.25) is 0 Å². The summed E-state index contributed by atoms with van der Waals surface area (Å²) < 4.78 is 5.46. The highest BCUT2D eigenvalue weighted by atomic mass is 16.5. The van der Waals surface area contributed by atoms with Crippen LogP contribution in [0.25, 0.3) is 22.4 Å². The topological polar surface area (TPSA) is 103 Å². The molecule has 1 aromatic carbocycles. The van der Waals surface area contributed by atoms with Gasteiger partial charge in [0.15, 0.2) is 12.1 Å². The van der Waals surface area contributed by atoms with Crippen molar-refractivity contribution in [3.63, 3.8) is 0 Å². The van der Waals surface area contributed by atoms with E-state index in [0.717, 1.165) is 47.1 Å². The zero-order chi connectivity index (χ0) is 22.7. The lowest BCUT2D eigenvalue weighted by atomic mass is 10.0. The lowest BCUT2D eigenvalue weighted by molar-refractivity contribution is -0.121. The minimum absolute atomic E-state index is 0.0186. The number of nitrogens with zero attached hydrogens (tertiary/aromatic N) is 2. The number of carbonyl (C=O) groups is 2. The highest BCUT2D eigenvalue weighted by Gasteiger charge is 2.26. The van der Waals surface area contributed by atoms with Crippen molar-refractivity contribution in [1.29, 1.82) is 0 Å². The Labute approximate surface area is 187 Å². The maximum Gasteiger partial charge on any atom is 0.240 e. The van der Waals surface area contributed by atoms with Gasteiger partial charge in [-0.1, -0.05) is 24.3 Å². The number of ether oxygens (including phenoxy) is 1. The summed E-state index contributed by atoms with van der Waals surface area (Å²) in [7, 11) is 3.55. The van der Waals surface area contributed by atoms with E-state index in [1.165, 1.54) is 0 Å². The Bertz CT molecular complexity index is 1090. The number of Topliss-reactive ketones (excluding diaryl/α,β-unsaturated/α-hetero) is 1. The van der Waals surface area contributed by atoms with Gasteiger partial charge >= 0.3 is 0 Å². The van der Waals surface area contributed by atoms with E-state index in [1.54, 1.807) is 19.4 Å². The molecule has 2 atom stereocenters. The van der Waals surface area contributed by atoms with Gasteiger partial charge < -0.3 is 15.0 Å². The van der Waals surface area contributed by atoms with E-state index >= 15 is 0 Å². The summed E-state index contributed by atoms with van der Waals surface area (Å²) >= 11 is 0. The minimum atomic E-state index is -0.0186. The van der Waals surface area contributed by atoms with E-state index < -0.39 is 0 Å². The molecule has 3 aromatic rings. The van der Waals surface area contributed by atoms with Gasteiger partial charge in [-0.2, -0.15) is 0 Å². The van der Waals surface area contributed by atoms with Crippen LogP contribution in [0.5, 0.6) is 5.88 Å². The average Bonchev–Trinajstić information content (AvgIpc) is 3.52. The summed E-state index contributed by atoms with van der Waals surface area (Å²) in [4.78, 5) is 28.5. The lowest BCUT2D eigenvalue weighted by Gasteiger charge is -2.19. The molecular weight excluding hydrogens is 406 g/mol. The van der Waals surface area contributed by atoms with Gasteiger partial charge in [-0.15, -0.1) is 5.10 Å². The molecule has 0 radical (unpaired) electrons. The van der Waals surface area contributed by atoms with Gasteiger partial charge in [0.05, 0.1) is 36.6 Å². The fraction of sp³-hybridized carbons (Fsp3) is 0.375. The molecule has 0 spiro atoms. The average molecular weight is 436 g/mol. The number of likely N-dealkylation sites (N-methyl/N-ethyl adjacent to an activating group) is 1. The molecule has 168 valence electrons. The molecular formula is C24H29N5O3. The monoisotopic (exact) mass is 435 g/mol. The van der Waals surface area contributed by atoms with Gasteiger partial charge in [-0.3, -0.25) is 19.6 Å². The maximum atomic E-state index is 12.5. The number of aromatic nitrogens is 3. The van der Waals surface area contributed by atoms with Crippen LogP contribution in [0.4, 0.5) is 0 Å². The maximum absolute atomic E-state index is 12.5. The minimum Gasteiger partial charge on any atom is -0.479 e. The van der Waals surface area contributed by atoms with E-state index in [9.17, 15) is 9.59 Å². The standard InChI is InChI=1S/C24H29N5O3/c1-15-4-9-20(26-15)21(31)13-29(2)12-16-5-7-17(8-6-16)22-23(27-28-24(22)32-3)18-10-19(14-30)25-11-18/h5-8,10-11,14-15,20,25-26H,4,9,12-13H2,1-3H3,(H,27,28). The number of rotatable bonds is 9. The molecule has 2 aromatic heterocycles. The number of aldehydes is 1. The Kier molecular flexibility index (Phi) is 6.53. The summed E-state index contributed by atoms with van der Waals surface area (Å²) in [5, 5.41) is 10.6. The summed E-state index contributed by atoms with van der Waals surface area (Å²) in [5.74, 6) is 0.741. The number of carbonyl (C=O) groups excluding carboxylic acids is 2. The number of benzene rings is 1. The Morgan fingerprint density at radius 1 is 1.25 bits per heavy atom. The molecule has 1 aliphatic rings. The zero-order valence-corrected chi connectivity index (χ0v) is 18.6. The van der Waals surface area contributed by atoms with Crippen molar-refractivity contribution in [3.05, 3.63) is 47.8 Å². The highest BCUT2D eigenvalue weighted by molar-refractivity contribution is 5.87. The zero-order valence-electron chi connectivity index (χ0n) is 18.6. The van der Waals surface area contributed by atoms with Gasteiger partial charge in [0.25, 0.3) is 0 Å². The fourth-order valence-corrected chi connectivity index (χ4v) is 4.28. The molecule has 4 rings (SSSR count). The molecule has 3 heterocycles. The van der Waals surface area contributed by atoms with Crippen molar-refractivity contribution >= 4 is 12.1 Å². The number of methoxy groups -OCH3 is 1. The molecule has 8 nitrogen and oxygen atoms in total. The second-order valence-corrected chi connectivity index (χ2v) is 8.48. The smallest absolute Gasteiger partial charge is 0.240 e. The third-order valence-corrected chi connectivity index (χ3v) is 5.93. The van der Waals surface area contributed by atoms with Crippen molar-refractivity contribution < 1.29 is 14.3 Å². The SMILES string of the molecule is COc1n[nH]c(-c2c[nH]c(C=O)c2)c1-c1ccc(CN(C)CC(=O)C2CCC(C)N2)cc1. The Hall–Kier alpha value is -3.23. The van der Waals surface area contributed by atoms with E-state index in [-0.39, 0.29) is 11.8 Å². The first-order valence-electron chi connectivity index (χ1n) is 10.8. The molecule has 1 saturated heterocycles. The van der Waals surface area contributed by atoms with Crippen molar-refractivity contribution in [2.24, 2.45) is 0 Å². The van der Waals surface area contributed by atoms with Gasteiger partial charge in [-0.25, -0.2) is 0 Å². The van der Waals surface area contributed by atoms with Crippen LogP contribution in [0.3, 0.4) is 0 Å². The van der Waals surface area contributed by atoms with Gasteiger partial charge in [0.1, 0.15) is 0 Å². The molecule has 1 fully saturated rings. The highest BCUT2D eigenvalue weighted by Crippen LogP contribution is 2.37. The quantitative estimate of drug-likeness (QED) is 0.447. The summed E-state index contributed by atoms with van der Waals surface area (Å²) in [6, 6.07) is 10.3. The van der Waals surface area contributed by atoms with E-state index in [2.05, 4.69) is 39.6 Å². The summed E-state index contributed by atoms with van der Waals surface area (Å²) in [6.07, 6.45) is 4.52. The van der Waals surface area contributed by atoms with Crippen LogP contribution >= 0.6 is 0 Å². The van der Waals surface area contributed by atoms with Crippen LogP contribution in [0.1, 0.15) is 35.8 Å². The Balaban J connectivity index is 1.47. The predicted molar refractivity (Wildman–Crippen MR) is 123 cm³/mol. The van der Waals surface area contributed by atoms with Crippen LogP contribution in [0, 0.1) is 0 Å². The largest absolute Gasteiger partial charge is 0.479 e. The molecule has 32 heavy (non-hydrogen) atoms. The van der Waals surface area contributed by atoms with E-state index in [4.69, 9.17) is 4.74 Å². The molecule has 0 aliphatic carbocycles. The Morgan fingerprint density at radius 3 is 2.66 bits per heavy atom. The van der Waals surface area contributed by atoms with Crippen LogP contribution in [-0.4, -0.2) is 64.9 Å². The summed E-state index contributed by atoms with van der Waals surface area (Å²) in [5.41, 5.74) is 5.00. The number of hydrogen-bond acceptors (Lipinski definition) is 6. The van der Waals surface area contributed by atoms with Crippen LogP contribution < -0.4 is 10.1 Å². The van der Waals surface area contributed by atoms with Gasteiger partial charge in [0, 0.05) is 24.3 Å². The number of hydrogen-bond donors (Lipinski definition) is 3. The molecule has 2 unspecified atom stereocenters. The number of H-pyrrole nitrogens is 2. The number of ketones is 1. The van der Waals surface area contributed by atoms with Crippen LogP contribution in [-0.2, 0) is 11.3 Å². The number of nitrogens with one attached hydrogen (secondary N) is 3. The second kappa shape index (κ2) is 9.50. The number of aromatic amines is 2. The first kappa shape index (κ1) is 22.0. The third kappa shape index (κ3) is 4.66. The molecule has 1 aliphatic heterocycles. The normalized spacial score (nSPS) is 18.2. The van der Waals surface area contributed by atoms with Gasteiger partial charge in [-0.05, 0) is 44.0 Å². The van der Waals surface area contributed by atoms with Gasteiger partial charge in [0.2, 0.25) is 5.88 Å². The molecule has 0 bridgehead atoms. The van der Waals surface area contributed by atoms with Crippen molar-refractivity contribution in [3.8, 4) is 28.3 Å². The van der Waals surface area contributed by atoms with Crippen LogP contribution in [0.15, 0.2) is 36.5 Å². The second-order valence-electron chi connectivity index (χ2n) is 8.48. The predicted octanol–water partition coefficient (Wildman–Crippen LogP) is 3.03. The van der Waals surface area contributed by atoms with Crippen molar-refractivity contribution in [1.82, 2.24) is 25.4 Å². The molecule has 0 amide bonds. The third-order valence-electron chi connectivity index (χ3n) is 5.93. The van der Waals surface area contributed by atoms with E-state index in [0.29, 0.717) is 30.7 Å².